The summed E-state index contributed by atoms with van der Waals surface area (Å²) in [6, 6.07) is 7.81. The van der Waals surface area contributed by atoms with E-state index >= 15 is 0 Å². The maximum absolute atomic E-state index is 12.1. The molecular formula is C17H27NO3. The third kappa shape index (κ3) is 5.76. The molecule has 1 atom stereocenters. The summed E-state index contributed by atoms with van der Waals surface area (Å²) in [5.74, 6) is 0.862. The summed E-state index contributed by atoms with van der Waals surface area (Å²) in [5.41, 5.74) is 0.723. The topological polar surface area (TPSA) is 58.6 Å². The number of hydrogen-bond donors (Lipinski definition) is 2. The predicted molar refractivity (Wildman–Crippen MR) is 84.5 cm³/mol. The average molecular weight is 293 g/mol. The van der Waals surface area contributed by atoms with Crippen LogP contribution in [-0.2, 0) is 11.2 Å². The first kappa shape index (κ1) is 17.5. The Morgan fingerprint density at radius 1 is 1.33 bits per heavy atom. The summed E-state index contributed by atoms with van der Waals surface area (Å²) >= 11 is 0. The van der Waals surface area contributed by atoms with Gasteiger partial charge in [0, 0.05) is 18.6 Å². The first-order chi connectivity index (χ1) is 10.0. The van der Waals surface area contributed by atoms with Gasteiger partial charge in [-0.05, 0) is 44.7 Å². The van der Waals surface area contributed by atoms with Crippen LogP contribution in [0.3, 0.4) is 0 Å². The third-order valence-corrected chi connectivity index (χ3v) is 3.78. The number of aryl methyl sites for hydroxylation is 1. The van der Waals surface area contributed by atoms with Crippen molar-refractivity contribution >= 4 is 5.91 Å². The number of nitrogens with one attached hydrogen (secondary N) is 1. The minimum absolute atomic E-state index is 0.0131. The fourth-order valence-electron chi connectivity index (χ4n) is 2.23. The molecule has 21 heavy (non-hydrogen) atoms. The molecule has 1 amide bonds. The number of rotatable bonds is 9. The fraction of sp³-hybridized carbons (Fsp3) is 0.588. The zero-order valence-corrected chi connectivity index (χ0v) is 13.3. The summed E-state index contributed by atoms with van der Waals surface area (Å²) in [7, 11) is 0. The molecule has 0 bridgehead atoms. The second kappa shape index (κ2) is 8.67. The van der Waals surface area contributed by atoms with E-state index in [4.69, 9.17) is 9.84 Å². The lowest BCUT2D eigenvalue weighted by atomic mass is 9.94. The lowest BCUT2D eigenvalue weighted by molar-refractivity contribution is -0.123. The van der Waals surface area contributed by atoms with Crippen molar-refractivity contribution in [1.29, 1.82) is 0 Å². The van der Waals surface area contributed by atoms with E-state index in [1.807, 2.05) is 45.0 Å². The standard InChI is InChI=1S/C17H27NO3/c1-4-17(3,12-13-19)18-16(20)11-10-14-8-6-7-9-15(14)21-5-2/h6-9,19H,4-5,10-13H2,1-3H3,(H,18,20). The lowest BCUT2D eigenvalue weighted by Gasteiger charge is -2.29. The quantitative estimate of drug-likeness (QED) is 0.736. The van der Waals surface area contributed by atoms with Gasteiger partial charge in [-0.2, -0.15) is 0 Å². The number of aliphatic hydroxyl groups excluding tert-OH is 1. The number of para-hydroxylation sites is 1. The van der Waals surface area contributed by atoms with Gasteiger partial charge in [0.15, 0.2) is 0 Å². The Hall–Kier alpha value is -1.55. The summed E-state index contributed by atoms with van der Waals surface area (Å²) < 4.78 is 5.57. The van der Waals surface area contributed by atoms with Gasteiger partial charge in [0.1, 0.15) is 5.75 Å². The monoisotopic (exact) mass is 293 g/mol. The van der Waals surface area contributed by atoms with Gasteiger partial charge in [0.05, 0.1) is 6.61 Å². The van der Waals surface area contributed by atoms with Crippen LogP contribution in [0.5, 0.6) is 5.75 Å². The fourth-order valence-corrected chi connectivity index (χ4v) is 2.23. The Labute approximate surface area is 127 Å². The number of hydrogen-bond acceptors (Lipinski definition) is 3. The lowest BCUT2D eigenvalue weighted by Crippen LogP contribution is -2.46. The van der Waals surface area contributed by atoms with Gasteiger partial charge in [-0.1, -0.05) is 25.1 Å². The maximum Gasteiger partial charge on any atom is 0.220 e. The van der Waals surface area contributed by atoms with Crippen molar-refractivity contribution in [3.63, 3.8) is 0 Å². The number of benzene rings is 1. The molecule has 0 spiro atoms. The zero-order valence-electron chi connectivity index (χ0n) is 13.3. The molecule has 118 valence electrons. The van der Waals surface area contributed by atoms with Gasteiger partial charge in [-0.3, -0.25) is 4.79 Å². The number of carbonyl (C=O) groups excluding carboxylic acids is 1. The van der Waals surface area contributed by atoms with Crippen LogP contribution in [-0.4, -0.2) is 29.8 Å². The predicted octanol–water partition coefficient (Wildman–Crippen LogP) is 2.69. The van der Waals surface area contributed by atoms with Crippen molar-refractivity contribution < 1.29 is 14.6 Å². The van der Waals surface area contributed by atoms with Crippen LogP contribution in [0, 0.1) is 0 Å². The van der Waals surface area contributed by atoms with Crippen LogP contribution in [0.2, 0.25) is 0 Å². The van der Waals surface area contributed by atoms with Gasteiger partial charge in [0.2, 0.25) is 5.91 Å². The molecule has 0 radical (unpaired) electrons. The number of ether oxygens (including phenoxy) is 1. The van der Waals surface area contributed by atoms with E-state index in [0.29, 0.717) is 25.9 Å². The average Bonchev–Trinajstić information content (AvgIpc) is 2.47. The molecule has 1 rings (SSSR count). The molecule has 1 aromatic carbocycles. The van der Waals surface area contributed by atoms with Gasteiger partial charge in [0.25, 0.3) is 0 Å². The summed E-state index contributed by atoms with van der Waals surface area (Å²) in [6.45, 7) is 6.63. The zero-order chi connectivity index (χ0) is 15.7. The second-order valence-corrected chi connectivity index (χ2v) is 5.48. The molecule has 0 saturated carbocycles. The Morgan fingerprint density at radius 2 is 2.05 bits per heavy atom. The molecular weight excluding hydrogens is 266 g/mol. The van der Waals surface area contributed by atoms with E-state index in [0.717, 1.165) is 17.7 Å². The summed E-state index contributed by atoms with van der Waals surface area (Å²) in [6.07, 6.45) is 2.45. The molecule has 2 N–H and O–H groups in total. The van der Waals surface area contributed by atoms with E-state index in [1.165, 1.54) is 0 Å². The van der Waals surface area contributed by atoms with Crippen molar-refractivity contribution in [2.24, 2.45) is 0 Å². The summed E-state index contributed by atoms with van der Waals surface area (Å²) in [5, 5.41) is 12.1. The molecule has 0 aliphatic rings. The molecule has 0 heterocycles. The molecule has 0 fully saturated rings. The van der Waals surface area contributed by atoms with E-state index in [1.54, 1.807) is 0 Å². The first-order valence-corrected chi connectivity index (χ1v) is 7.67. The molecule has 0 aliphatic carbocycles. The largest absolute Gasteiger partial charge is 0.494 e. The molecule has 0 aromatic heterocycles. The molecule has 4 nitrogen and oxygen atoms in total. The maximum atomic E-state index is 12.1. The Balaban J connectivity index is 2.57. The van der Waals surface area contributed by atoms with Crippen LogP contribution in [0.25, 0.3) is 0 Å². The number of amides is 1. The van der Waals surface area contributed by atoms with Crippen LogP contribution in [0.15, 0.2) is 24.3 Å². The normalized spacial score (nSPS) is 13.5. The van der Waals surface area contributed by atoms with Crippen molar-refractivity contribution in [1.82, 2.24) is 5.32 Å². The van der Waals surface area contributed by atoms with E-state index in [9.17, 15) is 4.79 Å². The van der Waals surface area contributed by atoms with Crippen LogP contribution in [0.1, 0.15) is 45.6 Å². The Kier molecular flexibility index (Phi) is 7.23. The van der Waals surface area contributed by atoms with Gasteiger partial charge >= 0.3 is 0 Å². The van der Waals surface area contributed by atoms with E-state index in [2.05, 4.69) is 5.32 Å². The molecule has 0 saturated heterocycles. The third-order valence-electron chi connectivity index (χ3n) is 3.78. The minimum atomic E-state index is -0.328. The Bertz CT molecular complexity index is 447. The highest BCUT2D eigenvalue weighted by molar-refractivity contribution is 5.77. The van der Waals surface area contributed by atoms with Gasteiger partial charge in [-0.15, -0.1) is 0 Å². The van der Waals surface area contributed by atoms with Crippen molar-refractivity contribution in [2.75, 3.05) is 13.2 Å². The smallest absolute Gasteiger partial charge is 0.220 e. The van der Waals surface area contributed by atoms with Crippen molar-refractivity contribution in [3.8, 4) is 5.75 Å². The molecule has 1 unspecified atom stereocenters. The molecule has 4 heteroatoms. The SMILES string of the molecule is CCOc1ccccc1CCC(=O)NC(C)(CC)CCO. The second-order valence-electron chi connectivity index (χ2n) is 5.48. The van der Waals surface area contributed by atoms with E-state index in [-0.39, 0.29) is 18.1 Å². The van der Waals surface area contributed by atoms with Gasteiger partial charge < -0.3 is 15.2 Å². The number of aliphatic hydroxyl groups is 1. The Morgan fingerprint density at radius 3 is 2.67 bits per heavy atom. The number of carbonyl (C=O) groups is 1. The van der Waals surface area contributed by atoms with Crippen LogP contribution in [0.4, 0.5) is 0 Å². The minimum Gasteiger partial charge on any atom is -0.494 e. The highest BCUT2D eigenvalue weighted by atomic mass is 16.5. The van der Waals surface area contributed by atoms with E-state index < -0.39 is 0 Å². The van der Waals surface area contributed by atoms with Crippen LogP contribution < -0.4 is 10.1 Å². The first-order valence-electron chi connectivity index (χ1n) is 7.67. The van der Waals surface area contributed by atoms with Crippen LogP contribution >= 0.6 is 0 Å². The summed E-state index contributed by atoms with van der Waals surface area (Å²) in [4.78, 5) is 12.1. The molecule has 0 aliphatic heterocycles. The highest BCUT2D eigenvalue weighted by Crippen LogP contribution is 2.20. The molecule has 1 aromatic rings. The highest BCUT2D eigenvalue weighted by Gasteiger charge is 2.23. The van der Waals surface area contributed by atoms with Gasteiger partial charge in [-0.25, -0.2) is 0 Å². The van der Waals surface area contributed by atoms with Crippen molar-refractivity contribution in [2.45, 2.75) is 52.0 Å². The van der Waals surface area contributed by atoms with Crippen molar-refractivity contribution in [3.05, 3.63) is 29.8 Å².